The van der Waals surface area contributed by atoms with Crippen LogP contribution in [0.1, 0.15) is 24.1 Å². The molecule has 150 valence electrons. The van der Waals surface area contributed by atoms with Crippen LogP contribution >= 0.6 is 0 Å². The number of nitrogens with zero attached hydrogens (tertiary/aromatic N) is 7. The van der Waals surface area contributed by atoms with Crippen LogP contribution in [-0.4, -0.2) is 62.4 Å². The lowest BCUT2D eigenvalue weighted by atomic mass is 9.97. The van der Waals surface area contributed by atoms with Gasteiger partial charge in [0.2, 0.25) is 0 Å². The molecular formula is C21H25N7O. The number of aryl methyl sites for hydroxylation is 2. The van der Waals surface area contributed by atoms with Crippen molar-refractivity contribution in [3.05, 3.63) is 52.5 Å². The zero-order chi connectivity index (χ0) is 19.6. The van der Waals surface area contributed by atoms with Crippen molar-refractivity contribution >= 4 is 16.7 Å². The van der Waals surface area contributed by atoms with Gasteiger partial charge in [-0.2, -0.15) is 5.10 Å². The minimum atomic E-state index is 0.0327. The van der Waals surface area contributed by atoms with Gasteiger partial charge in [0, 0.05) is 50.4 Å². The Morgan fingerprint density at radius 3 is 2.76 bits per heavy atom. The van der Waals surface area contributed by atoms with Crippen LogP contribution in [0.2, 0.25) is 0 Å². The minimum Gasteiger partial charge on any atom is -0.353 e. The number of aromatic nitrogens is 5. The predicted octanol–water partition coefficient (Wildman–Crippen LogP) is 1.28. The van der Waals surface area contributed by atoms with Gasteiger partial charge in [0.05, 0.1) is 24.0 Å². The number of hydrogen-bond acceptors (Lipinski definition) is 7. The fourth-order valence-corrected chi connectivity index (χ4v) is 4.33. The first-order valence-corrected chi connectivity index (χ1v) is 10.4. The molecule has 0 unspecified atom stereocenters. The maximum atomic E-state index is 12.4. The Labute approximate surface area is 169 Å². The van der Waals surface area contributed by atoms with Crippen molar-refractivity contribution in [2.45, 2.75) is 32.2 Å². The molecule has 2 aliphatic rings. The van der Waals surface area contributed by atoms with E-state index in [1.165, 1.54) is 12.8 Å². The number of pyridine rings is 1. The lowest BCUT2D eigenvalue weighted by Gasteiger charge is -2.35. The third-order valence-corrected chi connectivity index (χ3v) is 5.99. The predicted molar refractivity (Wildman–Crippen MR) is 111 cm³/mol. The van der Waals surface area contributed by atoms with E-state index in [0.29, 0.717) is 6.54 Å². The first-order valence-electron chi connectivity index (χ1n) is 10.4. The van der Waals surface area contributed by atoms with E-state index in [2.05, 4.69) is 29.9 Å². The molecule has 8 nitrogen and oxygen atoms in total. The molecule has 1 aliphatic heterocycles. The average Bonchev–Trinajstić information content (AvgIpc) is 2.78. The van der Waals surface area contributed by atoms with Crippen molar-refractivity contribution in [1.82, 2.24) is 29.6 Å². The summed E-state index contributed by atoms with van der Waals surface area (Å²) in [5.41, 5.74) is 3.17. The molecule has 3 aromatic rings. The fraction of sp³-hybridized carbons (Fsp3) is 0.476. The first-order chi connectivity index (χ1) is 14.3. The van der Waals surface area contributed by atoms with Gasteiger partial charge in [-0.3, -0.25) is 14.7 Å². The van der Waals surface area contributed by atoms with Crippen LogP contribution in [0.3, 0.4) is 0 Å². The van der Waals surface area contributed by atoms with Crippen LogP contribution in [0, 0.1) is 0 Å². The van der Waals surface area contributed by atoms with Gasteiger partial charge in [-0.15, -0.1) is 0 Å². The second-order valence-electron chi connectivity index (χ2n) is 7.80. The molecule has 0 atom stereocenters. The Morgan fingerprint density at radius 1 is 1.00 bits per heavy atom. The molecule has 3 aromatic heterocycles. The van der Waals surface area contributed by atoms with Gasteiger partial charge in [-0.25, -0.2) is 14.6 Å². The van der Waals surface area contributed by atoms with Crippen LogP contribution in [-0.2, 0) is 19.4 Å². The third kappa shape index (κ3) is 3.72. The van der Waals surface area contributed by atoms with Crippen LogP contribution in [0.5, 0.6) is 0 Å². The highest BCUT2D eigenvalue weighted by atomic mass is 16.1. The van der Waals surface area contributed by atoms with Crippen molar-refractivity contribution in [2.75, 3.05) is 37.6 Å². The van der Waals surface area contributed by atoms with E-state index < -0.39 is 0 Å². The average molecular weight is 391 g/mol. The number of hydrogen-bond donors (Lipinski definition) is 0. The van der Waals surface area contributed by atoms with Crippen molar-refractivity contribution in [2.24, 2.45) is 0 Å². The summed E-state index contributed by atoms with van der Waals surface area (Å²) in [6.45, 7) is 5.18. The lowest BCUT2D eigenvalue weighted by molar-refractivity contribution is 0.242. The van der Waals surface area contributed by atoms with E-state index in [1.54, 1.807) is 29.5 Å². The molecule has 4 heterocycles. The van der Waals surface area contributed by atoms with Gasteiger partial charge >= 0.3 is 0 Å². The monoisotopic (exact) mass is 391 g/mol. The van der Waals surface area contributed by atoms with Gasteiger partial charge in [0.25, 0.3) is 5.56 Å². The van der Waals surface area contributed by atoms with Crippen molar-refractivity contribution in [1.29, 1.82) is 0 Å². The summed E-state index contributed by atoms with van der Waals surface area (Å²) in [4.78, 5) is 30.1. The molecule has 1 saturated heterocycles. The molecule has 0 radical (unpaired) electrons. The summed E-state index contributed by atoms with van der Waals surface area (Å²) in [5.74, 6) is 0.977. The Morgan fingerprint density at radius 2 is 1.86 bits per heavy atom. The highest BCUT2D eigenvalue weighted by Gasteiger charge is 2.20. The van der Waals surface area contributed by atoms with Gasteiger partial charge < -0.3 is 4.90 Å². The van der Waals surface area contributed by atoms with Crippen molar-refractivity contribution < 1.29 is 0 Å². The number of fused-ring (bicyclic) bond motifs is 2. The summed E-state index contributed by atoms with van der Waals surface area (Å²) in [6, 6.07) is 3.78. The van der Waals surface area contributed by atoms with Crippen molar-refractivity contribution in [3.63, 3.8) is 0 Å². The van der Waals surface area contributed by atoms with Gasteiger partial charge in [-0.1, -0.05) is 0 Å². The normalized spacial score (nSPS) is 17.4. The third-order valence-electron chi connectivity index (χ3n) is 5.99. The van der Waals surface area contributed by atoms with E-state index in [9.17, 15) is 4.79 Å². The molecule has 1 fully saturated rings. The minimum absolute atomic E-state index is 0.0327. The maximum Gasteiger partial charge on any atom is 0.267 e. The molecule has 0 saturated carbocycles. The van der Waals surface area contributed by atoms with E-state index in [-0.39, 0.29) is 5.56 Å². The maximum absolute atomic E-state index is 12.4. The smallest absolute Gasteiger partial charge is 0.267 e. The summed E-state index contributed by atoms with van der Waals surface area (Å²) >= 11 is 0. The second-order valence-corrected chi connectivity index (χ2v) is 7.80. The number of piperazine rings is 1. The van der Waals surface area contributed by atoms with E-state index in [0.717, 1.165) is 73.5 Å². The highest BCUT2D eigenvalue weighted by molar-refractivity contribution is 5.88. The molecule has 0 spiro atoms. The zero-order valence-electron chi connectivity index (χ0n) is 16.5. The van der Waals surface area contributed by atoms with E-state index >= 15 is 0 Å². The molecule has 29 heavy (non-hydrogen) atoms. The molecule has 0 N–H and O–H groups in total. The van der Waals surface area contributed by atoms with Crippen LogP contribution < -0.4 is 10.5 Å². The Bertz CT molecular complexity index is 1070. The van der Waals surface area contributed by atoms with Gasteiger partial charge in [-0.05, 0) is 37.3 Å². The standard InChI is InChI=1S/C21H25N7O/c29-20-13-16-3-1-2-4-18(16)25-28(20)12-9-26-7-10-27(11-8-26)21-17-5-6-22-14-19(17)23-15-24-21/h5-6,13-15H,1-4,7-12H2. The van der Waals surface area contributed by atoms with Crippen LogP contribution in [0.25, 0.3) is 10.9 Å². The SMILES string of the molecule is O=c1cc2c(nn1CCN1CCN(c3ncnc4cnccc34)CC1)CCCC2. The Hall–Kier alpha value is -2.87. The van der Waals surface area contributed by atoms with Crippen molar-refractivity contribution in [3.8, 4) is 0 Å². The van der Waals surface area contributed by atoms with Crippen LogP contribution in [0.4, 0.5) is 5.82 Å². The summed E-state index contributed by atoms with van der Waals surface area (Å²) in [5, 5.41) is 5.68. The molecule has 0 amide bonds. The molecular weight excluding hydrogens is 366 g/mol. The second kappa shape index (κ2) is 7.87. The largest absolute Gasteiger partial charge is 0.353 e. The Balaban J connectivity index is 1.22. The molecule has 1 aliphatic carbocycles. The fourth-order valence-electron chi connectivity index (χ4n) is 4.33. The number of rotatable bonds is 4. The summed E-state index contributed by atoms with van der Waals surface area (Å²) in [6.07, 6.45) is 9.51. The van der Waals surface area contributed by atoms with Gasteiger partial charge in [0.1, 0.15) is 12.1 Å². The van der Waals surface area contributed by atoms with E-state index in [1.807, 2.05) is 6.07 Å². The quantitative estimate of drug-likeness (QED) is 0.663. The lowest BCUT2D eigenvalue weighted by Crippen LogP contribution is -2.48. The molecule has 0 aromatic carbocycles. The number of anilines is 1. The van der Waals surface area contributed by atoms with Crippen LogP contribution in [0.15, 0.2) is 35.6 Å². The Kier molecular flexibility index (Phi) is 4.93. The summed E-state index contributed by atoms with van der Waals surface area (Å²) < 4.78 is 1.65. The van der Waals surface area contributed by atoms with E-state index in [4.69, 9.17) is 0 Å². The molecule has 0 bridgehead atoms. The highest BCUT2D eigenvalue weighted by Crippen LogP contribution is 2.23. The first kappa shape index (κ1) is 18.2. The van der Waals surface area contributed by atoms with Gasteiger partial charge in [0.15, 0.2) is 0 Å². The topological polar surface area (TPSA) is 80.0 Å². The zero-order valence-corrected chi connectivity index (χ0v) is 16.5. The molecule has 8 heteroatoms. The molecule has 5 rings (SSSR count). The summed E-state index contributed by atoms with van der Waals surface area (Å²) in [7, 11) is 0.